The van der Waals surface area contributed by atoms with Gasteiger partial charge in [0.05, 0.1) is 0 Å². The van der Waals surface area contributed by atoms with E-state index in [-0.39, 0.29) is 0 Å². The maximum atomic E-state index is 11.3. The van der Waals surface area contributed by atoms with Crippen molar-refractivity contribution < 1.29 is 5.11 Å². The molecule has 0 fully saturated rings. The van der Waals surface area contributed by atoms with Crippen molar-refractivity contribution in [2.75, 3.05) is 0 Å². The topological polar surface area (TPSA) is 19.9 Å². The molecule has 0 bridgehead atoms. The van der Waals surface area contributed by atoms with Gasteiger partial charge in [-0.3, -0.25) is 0 Å². The second-order valence-electron chi connectivity index (χ2n) is 3.26. The van der Waals surface area contributed by atoms with E-state index >= 15 is 0 Å². The van der Waals surface area contributed by atoms with Crippen LogP contribution >= 0.6 is 0 Å². The molecule has 61 valence electrons. The van der Waals surface area contributed by atoms with Gasteiger partial charge < -0.3 is 0 Å². The van der Waals surface area contributed by atoms with Crippen LogP contribution in [0, 0.1) is 0 Å². The maximum Gasteiger partial charge on any atom is 0.101 e. The lowest BCUT2D eigenvalue weighted by Gasteiger charge is -2.17. The Morgan fingerprint density at radius 2 is 1.80 bits per heavy atom. The summed E-state index contributed by atoms with van der Waals surface area (Å²) >= 11 is 0. The Kier molecular flexibility index (Phi) is 4.71. The van der Waals surface area contributed by atoms with Gasteiger partial charge in [-0.15, -0.1) is 0 Å². The van der Waals surface area contributed by atoms with Gasteiger partial charge in [0, 0.05) is 0 Å². The molecule has 0 aliphatic carbocycles. The molecule has 0 amide bonds. The highest BCUT2D eigenvalue weighted by atomic mass is 16.3. The second-order valence-corrected chi connectivity index (χ2v) is 3.26. The minimum Gasteiger partial charge on any atom is -0.230 e. The van der Waals surface area contributed by atoms with Crippen molar-refractivity contribution in [2.45, 2.75) is 58.5 Å². The fourth-order valence-corrected chi connectivity index (χ4v) is 0.926. The molecule has 0 N–H and O–H groups in total. The lowest BCUT2D eigenvalue weighted by Crippen LogP contribution is -2.20. The smallest absolute Gasteiger partial charge is 0.101 e. The van der Waals surface area contributed by atoms with Crippen LogP contribution in [-0.4, -0.2) is 5.60 Å². The summed E-state index contributed by atoms with van der Waals surface area (Å²) in [5.41, 5.74) is -0.658. The first-order valence-electron chi connectivity index (χ1n) is 4.33. The summed E-state index contributed by atoms with van der Waals surface area (Å²) < 4.78 is 0. The van der Waals surface area contributed by atoms with Crippen LogP contribution in [0.3, 0.4) is 0 Å². The normalized spacial score (nSPS) is 16.8. The Balaban J connectivity index is 3.28. The van der Waals surface area contributed by atoms with Gasteiger partial charge >= 0.3 is 0 Å². The molecule has 1 heteroatoms. The third kappa shape index (κ3) is 4.80. The van der Waals surface area contributed by atoms with Crippen molar-refractivity contribution in [1.29, 1.82) is 0 Å². The molecule has 0 aromatic carbocycles. The van der Waals surface area contributed by atoms with Gasteiger partial charge in [-0.1, -0.05) is 33.1 Å². The number of rotatable bonds is 5. The monoisotopic (exact) mass is 143 g/mol. The molecule has 1 atom stereocenters. The van der Waals surface area contributed by atoms with Crippen LogP contribution in [0.2, 0.25) is 0 Å². The first kappa shape index (κ1) is 9.96. The van der Waals surface area contributed by atoms with Crippen LogP contribution in [0.15, 0.2) is 0 Å². The Labute approximate surface area is 64.5 Å². The predicted octanol–water partition coefficient (Wildman–Crippen LogP) is 3.17. The summed E-state index contributed by atoms with van der Waals surface area (Å²) in [6.45, 7) is 5.94. The van der Waals surface area contributed by atoms with Crippen molar-refractivity contribution in [1.82, 2.24) is 0 Å². The molecule has 0 aliphatic rings. The maximum absolute atomic E-state index is 11.3. The van der Waals surface area contributed by atoms with Crippen molar-refractivity contribution in [3.05, 3.63) is 0 Å². The molecule has 1 nitrogen and oxygen atoms in total. The molecular weight excluding hydrogens is 124 g/mol. The largest absolute Gasteiger partial charge is 0.230 e. The average molecular weight is 143 g/mol. The van der Waals surface area contributed by atoms with Gasteiger partial charge in [0.1, 0.15) is 5.60 Å². The van der Waals surface area contributed by atoms with Crippen molar-refractivity contribution in [3.8, 4) is 0 Å². The Morgan fingerprint density at radius 1 is 1.20 bits per heavy atom. The zero-order valence-corrected chi connectivity index (χ0v) is 7.44. The molecule has 10 heavy (non-hydrogen) atoms. The summed E-state index contributed by atoms with van der Waals surface area (Å²) in [4.78, 5) is 0. The van der Waals surface area contributed by atoms with Crippen LogP contribution in [0.1, 0.15) is 52.9 Å². The molecule has 1 radical (unpaired) electrons. The molecule has 0 spiro atoms. The zero-order chi connectivity index (χ0) is 8.04. The molecule has 0 aromatic rings. The molecule has 0 saturated carbocycles. The third-order valence-electron chi connectivity index (χ3n) is 2.06. The van der Waals surface area contributed by atoms with Crippen molar-refractivity contribution in [3.63, 3.8) is 0 Å². The van der Waals surface area contributed by atoms with E-state index in [1.807, 2.05) is 13.8 Å². The molecule has 0 aromatic heterocycles. The van der Waals surface area contributed by atoms with Crippen LogP contribution < -0.4 is 0 Å². The summed E-state index contributed by atoms with van der Waals surface area (Å²) in [6, 6.07) is 0. The van der Waals surface area contributed by atoms with Crippen LogP contribution in [-0.2, 0) is 5.11 Å². The lowest BCUT2D eigenvalue weighted by atomic mass is 9.96. The third-order valence-corrected chi connectivity index (χ3v) is 2.06. The molecule has 0 heterocycles. The van der Waals surface area contributed by atoms with Gasteiger partial charge in [-0.25, -0.2) is 5.11 Å². The molecule has 0 saturated heterocycles. The fraction of sp³-hybridized carbons (Fsp3) is 1.00. The summed E-state index contributed by atoms with van der Waals surface area (Å²) in [7, 11) is 0. The van der Waals surface area contributed by atoms with Gasteiger partial charge in [-0.05, 0) is 19.8 Å². The number of hydrogen-bond donors (Lipinski definition) is 0. The van der Waals surface area contributed by atoms with Gasteiger partial charge in [0.2, 0.25) is 0 Å². The number of hydrogen-bond acceptors (Lipinski definition) is 0. The fourth-order valence-electron chi connectivity index (χ4n) is 0.926. The standard InChI is InChI=1S/C9H19O/c1-4-6-7-8-9(3,10)5-2/h4-8H2,1-3H3. The minimum atomic E-state index is -0.658. The second kappa shape index (κ2) is 4.73. The first-order chi connectivity index (χ1) is 4.62. The highest BCUT2D eigenvalue weighted by Gasteiger charge is 2.18. The Bertz CT molecular complexity index is 76.8. The molecule has 1 unspecified atom stereocenters. The van der Waals surface area contributed by atoms with E-state index in [0.717, 1.165) is 19.3 Å². The minimum absolute atomic E-state index is 0.658. The quantitative estimate of drug-likeness (QED) is 0.527. The van der Waals surface area contributed by atoms with E-state index in [1.165, 1.54) is 12.8 Å². The van der Waals surface area contributed by atoms with Crippen molar-refractivity contribution in [2.24, 2.45) is 0 Å². The van der Waals surface area contributed by atoms with E-state index < -0.39 is 5.60 Å². The lowest BCUT2D eigenvalue weighted by molar-refractivity contribution is -0.0251. The zero-order valence-electron chi connectivity index (χ0n) is 7.44. The van der Waals surface area contributed by atoms with Gasteiger partial charge in [-0.2, -0.15) is 0 Å². The van der Waals surface area contributed by atoms with Crippen LogP contribution in [0.5, 0.6) is 0 Å². The Morgan fingerprint density at radius 3 is 2.20 bits per heavy atom. The summed E-state index contributed by atoms with van der Waals surface area (Å²) in [6.07, 6.45) is 5.12. The van der Waals surface area contributed by atoms with E-state index in [1.54, 1.807) is 0 Å². The number of unbranched alkanes of at least 4 members (excludes halogenated alkanes) is 2. The van der Waals surface area contributed by atoms with E-state index in [4.69, 9.17) is 0 Å². The highest BCUT2D eigenvalue weighted by molar-refractivity contribution is 4.68. The van der Waals surface area contributed by atoms with Crippen LogP contribution in [0.25, 0.3) is 0 Å². The summed E-state index contributed by atoms with van der Waals surface area (Å²) in [5.74, 6) is 0. The van der Waals surface area contributed by atoms with Crippen LogP contribution in [0.4, 0.5) is 0 Å². The molecule has 0 aliphatic heterocycles. The SMILES string of the molecule is CCCCCC(C)([O])CC. The highest BCUT2D eigenvalue weighted by Crippen LogP contribution is 2.18. The molecule has 0 rings (SSSR count). The van der Waals surface area contributed by atoms with Gasteiger partial charge in [0.25, 0.3) is 0 Å². The van der Waals surface area contributed by atoms with Gasteiger partial charge in [0.15, 0.2) is 0 Å². The van der Waals surface area contributed by atoms with Crippen molar-refractivity contribution >= 4 is 0 Å². The van der Waals surface area contributed by atoms with E-state index in [0.29, 0.717) is 0 Å². The average Bonchev–Trinajstić information content (AvgIpc) is 1.89. The Hall–Kier alpha value is -0.0400. The van der Waals surface area contributed by atoms with E-state index in [9.17, 15) is 5.11 Å². The first-order valence-corrected chi connectivity index (χ1v) is 4.33. The summed E-state index contributed by atoms with van der Waals surface area (Å²) in [5, 5.41) is 11.3. The van der Waals surface area contributed by atoms with E-state index in [2.05, 4.69) is 6.92 Å². The molecular formula is C9H19O. The predicted molar refractivity (Wildman–Crippen MR) is 43.5 cm³/mol.